The van der Waals surface area contributed by atoms with Crippen LogP contribution in [-0.4, -0.2) is 86.8 Å². The average molecular weight is 756 g/mol. The Hall–Kier alpha value is -5.63. The van der Waals surface area contributed by atoms with Crippen LogP contribution in [0.4, 0.5) is 10.6 Å². The van der Waals surface area contributed by atoms with E-state index in [1.807, 2.05) is 89.2 Å². The quantitative estimate of drug-likeness (QED) is 0.105. The number of carbonyl (C=O) groups is 1. The molecule has 0 saturated carbocycles. The number of carbonyl (C=O) groups excluding carboxylic acids is 1. The number of nitrogens with zero attached hydrogens (tertiary/aromatic N) is 7. The highest BCUT2D eigenvalue weighted by Crippen LogP contribution is 2.31. The Kier molecular flexibility index (Phi) is 13.4. The number of anilines is 1. The van der Waals surface area contributed by atoms with Gasteiger partial charge in [-0.15, -0.1) is 5.10 Å². The Bertz CT molecular complexity index is 1960. The molecule has 0 aliphatic rings. The standard InChI is InChI=1S/C41H53N7O7/c1-10-11-28(3)54-39-44-37(47(25-29-12-16-32(51-8)17-13-29)26-30-14-18-33(52-9)19-15-30)36-42-24-34(48(36)45-39)35(49)31-22-27(2)38(43-23-31)53-21-20-46(7)40(50)55-41(4,5)6/h12-19,22-24,28,35,49H,10-11,20-21,25-26H2,1-9H3. The second-order valence-electron chi connectivity index (χ2n) is 14.4. The van der Waals surface area contributed by atoms with Gasteiger partial charge in [0.05, 0.1) is 38.8 Å². The predicted molar refractivity (Wildman–Crippen MR) is 209 cm³/mol. The zero-order chi connectivity index (χ0) is 39.7. The second-order valence-corrected chi connectivity index (χ2v) is 14.4. The second kappa shape index (κ2) is 18.1. The zero-order valence-electron chi connectivity index (χ0n) is 33.3. The molecule has 0 fully saturated rings. The van der Waals surface area contributed by atoms with E-state index in [1.165, 1.54) is 4.90 Å². The van der Waals surface area contributed by atoms with Crippen molar-refractivity contribution in [1.82, 2.24) is 29.5 Å². The molecule has 0 spiro atoms. The van der Waals surface area contributed by atoms with Crippen molar-refractivity contribution < 1.29 is 33.6 Å². The highest BCUT2D eigenvalue weighted by molar-refractivity contribution is 5.67. The van der Waals surface area contributed by atoms with Crippen molar-refractivity contribution in [3.8, 4) is 23.4 Å². The van der Waals surface area contributed by atoms with Crippen LogP contribution in [0.2, 0.25) is 0 Å². The van der Waals surface area contributed by atoms with Gasteiger partial charge in [0.1, 0.15) is 29.8 Å². The maximum atomic E-state index is 12.3. The number of likely N-dealkylation sites (N-methyl/N-ethyl adjacent to an activating group) is 1. The largest absolute Gasteiger partial charge is 0.497 e. The summed E-state index contributed by atoms with van der Waals surface area (Å²) in [6.45, 7) is 12.9. The topological polar surface area (TPSA) is 146 Å². The van der Waals surface area contributed by atoms with Gasteiger partial charge in [0.2, 0.25) is 5.88 Å². The SMILES string of the molecule is CCCC(C)Oc1nc(N(Cc2ccc(OC)cc2)Cc2ccc(OC)cc2)c2ncc(C(O)c3cnc(OCCN(C)C(=O)OC(C)(C)C)c(C)c3)n2n1. The van der Waals surface area contributed by atoms with Gasteiger partial charge in [0.25, 0.3) is 0 Å². The molecule has 2 aromatic carbocycles. The summed E-state index contributed by atoms with van der Waals surface area (Å²) >= 11 is 0. The molecule has 2 atom stereocenters. The summed E-state index contributed by atoms with van der Waals surface area (Å²) in [5, 5.41) is 16.6. The van der Waals surface area contributed by atoms with E-state index in [-0.39, 0.29) is 18.7 Å². The summed E-state index contributed by atoms with van der Waals surface area (Å²) in [6.07, 6.45) is 3.18. The van der Waals surface area contributed by atoms with Crippen molar-refractivity contribution in [3.05, 3.63) is 94.9 Å². The molecule has 294 valence electrons. The number of hydrogen-bond donors (Lipinski definition) is 1. The van der Waals surface area contributed by atoms with Gasteiger partial charge in [0, 0.05) is 37.5 Å². The van der Waals surface area contributed by atoms with E-state index in [9.17, 15) is 9.90 Å². The molecule has 0 bridgehead atoms. The summed E-state index contributed by atoms with van der Waals surface area (Å²) in [5.41, 5.74) is 3.56. The lowest BCUT2D eigenvalue weighted by Gasteiger charge is -2.25. The first kappa shape index (κ1) is 40.6. The first-order valence-corrected chi connectivity index (χ1v) is 18.4. The number of hydrogen-bond acceptors (Lipinski definition) is 12. The van der Waals surface area contributed by atoms with Crippen LogP contribution in [-0.2, 0) is 17.8 Å². The molecule has 14 heteroatoms. The van der Waals surface area contributed by atoms with E-state index in [4.69, 9.17) is 38.8 Å². The fourth-order valence-electron chi connectivity index (χ4n) is 5.83. The molecule has 1 N–H and O–H groups in total. The molecule has 0 aliphatic carbocycles. The fourth-order valence-corrected chi connectivity index (χ4v) is 5.83. The molecule has 0 saturated heterocycles. The smallest absolute Gasteiger partial charge is 0.410 e. The predicted octanol–water partition coefficient (Wildman–Crippen LogP) is 6.95. The number of amides is 1. The highest BCUT2D eigenvalue weighted by Gasteiger charge is 2.25. The van der Waals surface area contributed by atoms with Gasteiger partial charge in [-0.05, 0) is 82.5 Å². The molecule has 3 heterocycles. The number of pyridine rings is 1. The third-order valence-corrected chi connectivity index (χ3v) is 8.74. The molecule has 3 aromatic heterocycles. The van der Waals surface area contributed by atoms with Crippen LogP contribution in [0.5, 0.6) is 23.4 Å². The number of aryl methyl sites for hydroxylation is 1. The summed E-state index contributed by atoms with van der Waals surface area (Å²) in [4.78, 5) is 30.1. The summed E-state index contributed by atoms with van der Waals surface area (Å²) in [6, 6.07) is 17.7. The number of aliphatic hydroxyl groups is 1. The minimum Gasteiger partial charge on any atom is -0.497 e. The van der Waals surface area contributed by atoms with Crippen molar-refractivity contribution in [1.29, 1.82) is 0 Å². The monoisotopic (exact) mass is 755 g/mol. The first-order chi connectivity index (χ1) is 26.3. The van der Waals surface area contributed by atoms with Gasteiger partial charge in [-0.1, -0.05) is 37.6 Å². The lowest BCUT2D eigenvalue weighted by Crippen LogP contribution is -2.36. The van der Waals surface area contributed by atoms with Crippen LogP contribution in [0.25, 0.3) is 5.65 Å². The molecule has 2 unspecified atom stereocenters. The summed E-state index contributed by atoms with van der Waals surface area (Å²) < 4.78 is 30.0. The summed E-state index contributed by atoms with van der Waals surface area (Å²) in [5.74, 6) is 2.45. The number of fused-ring (bicyclic) bond motifs is 1. The van der Waals surface area contributed by atoms with Gasteiger partial charge in [0.15, 0.2) is 11.5 Å². The van der Waals surface area contributed by atoms with Crippen LogP contribution < -0.4 is 23.8 Å². The van der Waals surface area contributed by atoms with Crippen LogP contribution in [0.3, 0.4) is 0 Å². The van der Waals surface area contributed by atoms with E-state index in [0.717, 1.165) is 35.5 Å². The number of imidazole rings is 1. The molecule has 5 aromatic rings. The normalized spacial score (nSPS) is 12.5. The maximum Gasteiger partial charge on any atom is 0.410 e. The van der Waals surface area contributed by atoms with Gasteiger partial charge in [-0.2, -0.15) is 4.98 Å². The minimum absolute atomic E-state index is 0.146. The van der Waals surface area contributed by atoms with Gasteiger partial charge in [-0.3, -0.25) is 0 Å². The van der Waals surface area contributed by atoms with E-state index in [2.05, 4.69) is 16.8 Å². The number of aromatic nitrogens is 5. The van der Waals surface area contributed by atoms with Crippen molar-refractivity contribution in [3.63, 3.8) is 0 Å². The highest BCUT2D eigenvalue weighted by atomic mass is 16.6. The van der Waals surface area contributed by atoms with Gasteiger partial charge in [-0.25, -0.2) is 19.3 Å². The van der Waals surface area contributed by atoms with E-state index < -0.39 is 17.8 Å². The van der Waals surface area contributed by atoms with Gasteiger partial charge < -0.3 is 38.6 Å². The van der Waals surface area contributed by atoms with Crippen LogP contribution >= 0.6 is 0 Å². The minimum atomic E-state index is -1.14. The van der Waals surface area contributed by atoms with Crippen LogP contribution in [0, 0.1) is 6.92 Å². The van der Waals surface area contributed by atoms with Crippen molar-refractivity contribution in [2.24, 2.45) is 0 Å². The van der Waals surface area contributed by atoms with E-state index >= 15 is 0 Å². The third-order valence-electron chi connectivity index (χ3n) is 8.74. The number of ether oxygens (including phenoxy) is 5. The van der Waals surface area contributed by atoms with Crippen molar-refractivity contribution in [2.45, 2.75) is 85.3 Å². The molecule has 0 aliphatic heterocycles. The van der Waals surface area contributed by atoms with E-state index in [1.54, 1.807) is 38.2 Å². The number of benzene rings is 2. The Morgan fingerprint density at radius 1 is 0.945 bits per heavy atom. The molecule has 1 amide bonds. The lowest BCUT2D eigenvalue weighted by molar-refractivity contribution is 0.0277. The van der Waals surface area contributed by atoms with Crippen LogP contribution in [0.1, 0.15) is 81.5 Å². The molecular weight excluding hydrogens is 702 g/mol. The Morgan fingerprint density at radius 2 is 1.56 bits per heavy atom. The molecule has 0 radical (unpaired) electrons. The molecule has 55 heavy (non-hydrogen) atoms. The Morgan fingerprint density at radius 3 is 2.11 bits per heavy atom. The lowest BCUT2D eigenvalue weighted by atomic mass is 10.1. The first-order valence-electron chi connectivity index (χ1n) is 18.4. The molecule has 14 nitrogen and oxygen atoms in total. The number of aliphatic hydroxyl groups excluding tert-OH is 1. The zero-order valence-corrected chi connectivity index (χ0v) is 33.3. The fraction of sp³-hybridized carbons (Fsp3) is 0.439. The van der Waals surface area contributed by atoms with Crippen molar-refractivity contribution >= 4 is 17.6 Å². The van der Waals surface area contributed by atoms with E-state index in [0.29, 0.717) is 53.8 Å². The molecular formula is C41H53N7O7. The van der Waals surface area contributed by atoms with Gasteiger partial charge >= 0.3 is 12.1 Å². The maximum absolute atomic E-state index is 12.3. The number of methoxy groups -OCH3 is 2. The van der Waals surface area contributed by atoms with Crippen molar-refractivity contribution in [2.75, 3.05) is 39.3 Å². The Balaban J connectivity index is 1.47. The summed E-state index contributed by atoms with van der Waals surface area (Å²) in [7, 11) is 4.94. The Labute approximate surface area is 323 Å². The van der Waals surface area contributed by atoms with Crippen LogP contribution in [0.15, 0.2) is 67.0 Å². The average Bonchev–Trinajstić information content (AvgIpc) is 3.58. The number of rotatable bonds is 17. The third kappa shape index (κ3) is 10.7. The molecule has 5 rings (SSSR count).